The molecule has 2 radical (unpaired) electrons. The first-order valence-corrected chi connectivity index (χ1v) is 14.8. The average Bonchev–Trinajstić information content (AvgIpc) is 2.15. The predicted octanol–water partition coefficient (Wildman–Crippen LogP) is 1.77. The summed E-state index contributed by atoms with van der Waals surface area (Å²) < 4.78 is 29.1. The summed E-state index contributed by atoms with van der Waals surface area (Å²) in [4.78, 5) is 0. The van der Waals surface area contributed by atoms with Gasteiger partial charge in [-0.15, -0.1) is 0 Å². The molecule has 4 nitrogen and oxygen atoms in total. The summed E-state index contributed by atoms with van der Waals surface area (Å²) in [5, 5.41) is 0. The summed E-state index contributed by atoms with van der Waals surface area (Å²) in [5.41, 5.74) is 0. The highest BCUT2D eigenvalue weighted by Crippen LogP contribution is 2.18. The summed E-state index contributed by atoms with van der Waals surface area (Å²) in [6.07, 6.45) is 2.14. The topological polar surface area (TPSA) is 44.8 Å². The van der Waals surface area contributed by atoms with Crippen LogP contribution in [0.1, 0.15) is 12.8 Å². The van der Waals surface area contributed by atoms with Crippen LogP contribution in [0.4, 0.5) is 0 Å². The van der Waals surface area contributed by atoms with Gasteiger partial charge in [0, 0.05) is 6.61 Å². The molecule has 0 atom stereocenters. The van der Waals surface area contributed by atoms with Crippen molar-refractivity contribution in [1.29, 1.82) is 0 Å². The molecule has 0 saturated carbocycles. The minimum Gasteiger partial charge on any atom is -0.580 e. The second-order valence-electron chi connectivity index (χ2n) is 5.15. The van der Waals surface area contributed by atoms with Crippen molar-refractivity contribution in [2.75, 3.05) is 6.61 Å². The van der Waals surface area contributed by atoms with Gasteiger partial charge in [-0.05, 0) is 38.7 Å². The van der Waals surface area contributed by atoms with Gasteiger partial charge >= 0.3 is 18.5 Å². The lowest BCUT2D eigenvalue weighted by atomic mass is 10.4. The molecule has 0 aliphatic carbocycles. The molecular formula is C8H20O4Si4. The molecule has 0 aromatic rings. The molecule has 0 unspecified atom stereocenters. The molecule has 92 valence electrons. The normalized spacial score (nSPS) is 26.6. The smallest absolute Gasteiger partial charge is 0.488 e. The Bertz CT molecular complexity index is 256. The summed E-state index contributed by atoms with van der Waals surface area (Å²) in [5.74, 6) is 0. The highest BCUT2D eigenvalue weighted by molar-refractivity contribution is 7.23. The van der Waals surface area contributed by atoms with Gasteiger partial charge in [-0.3, -0.25) is 0 Å². The maximum absolute atomic E-state index is 12.2. The van der Waals surface area contributed by atoms with Gasteiger partial charge in [-0.25, -0.2) is 0 Å². The Balaban J connectivity index is 2.70. The van der Waals surface area contributed by atoms with Gasteiger partial charge in [0.25, 0.3) is 7.83 Å². The van der Waals surface area contributed by atoms with Crippen LogP contribution >= 0.6 is 0 Å². The monoisotopic (exact) mass is 292 g/mol. The van der Waals surface area contributed by atoms with E-state index >= 15 is 0 Å². The highest BCUT2D eigenvalue weighted by atomic mass is 29.2. The Morgan fingerprint density at radius 2 is 1.88 bits per heavy atom. The lowest BCUT2D eigenvalue weighted by Gasteiger charge is -2.27. The third kappa shape index (κ3) is 4.71. The molecule has 0 bridgehead atoms. The van der Waals surface area contributed by atoms with Crippen molar-refractivity contribution in [3.63, 3.8) is 0 Å². The first kappa shape index (κ1) is 14.4. The maximum atomic E-state index is 12.2. The van der Waals surface area contributed by atoms with Crippen LogP contribution in [0, 0.1) is 0 Å². The Morgan fingerprint density at radius 3 is 2.56 bits per heavy atom. The van der Waals surface area contributed by atoms with Gasteiger partial charge in [0.1, 0.15) is 0 Å². The standard InChI is InChI=1S/C8H20O4Si4/c1-15(2)8-6-5-7-10-13-11-16(3,4)14(9)12-15/h5-8H2,1-4H3. The van der Waals surface area contributed by atoms with E-state index in [0.29, 0.717) is 0 Å². The molecule has 1 heterocycles. The van der Waals surface area contributed by atoms with E-state index in [2.05, 4.69) is 13.1 Å². The van der Waals surface area contributed by atoms with Gasteiger partial charge in [0.05, 0.1) is 0 Å². The van der Waals surface area contributed by atoms with E-state index < -0.39 is 24.6 Å². The zero-order valence-electron chi connectivity index (χ0n) is 10.5. The molecule has 1 aliphatic rings. The van der Waals surface area contributed by atoms with Crippen LogP contribution in [0.2, 0.25) is 32.2 Å². The van der Waals surface area contributed by atoms with Gasteiger partial charge < -0.3 is 17.1 Å². The third-order valence-corrected chi connectivity index (χ3v) is 15.5. The molecular weight excluding hydrogens is 272 g/mol. The van der Waals surface area contributed by atoms with Gasteiger partial charge in [-0.2, -0.15) is 0 Å². The van der Waals surface area contributed by atoms with Gasteiger partial charge in [-0.1, -0.05) is 6.42 Å². The quantitative estimate of drug-likeness (QED) is 0.638. The SMILES string of the molecule is C[Si]1(C)CCCCO[Si]O[Si](C)(C)[Si](=O)O1. The summed E-state index contributed by atoms with van der Waals surface area (Å²) in [6, 6.07) is 1.06. The molecule has 1 rings (SSSR count). The van der Waals surface area contributed by atoms with Crippen molar-refractivity contribution in [3.8, 4) is 0 Å². The lowest BCUT2D eigenvalue weighted by Crippen LogP contribution is -2.50. The van der Waals surface area contributed by atoms with Crippen molar-refractivity contribution < 1.29 is 17.1 Å². The van der Waals surface area contributed by atoms with E-state index in [9.17, 15) is 4.46 Å². The first-order chi connectivity index (χ1) is 7.33. The number of hydrogen-bond acceptors (Lipinski definition) is 4. The van der Waals surface area contributed by atoms with Crippen molar-refractivity contribution in [3.05, 3.63) is 0 Å². The minimum absolute atomic E-state index is 0.0217. The zero-order valence-corrected chi connectivity index (χ0v) is 14.5. The molecule has 1 aliphatic heterocycles. The zero-order chi connectivity index (χ0) is 12.2. The van der Waals surface area contributed by atoms with E-state index in [-0.39, 0.29) is 10.0 Å². The number of hydrogen-bond donors (Lipinski definition) is 0. The molecule has 1 saturated heterocycles. The molecule has 0 spiro atoms. The molecule has 0 aromatic carbocycles. The molecule has 0 amide bonds. The lowest BCUT2D eigenvalue weighted by molar-refractivity contribution is 0.282. The van der Waals surface area contributed by atoms with Crippen LogP contribution in [-0.2, 0) is 17.1 Å². The Hall–Kier alpha value is 0.388. The maximum Gasteiger partial charge on any atom is 0.488 e. The van der Waals surface area contributed by atoms with Crippen LogP contribution in [0.3, 0.4) is 0 Å². The van der Waals surface area contributed by atoms with Crippen molar-refractivity contribution in [2.45, 2.75) is 45.1 Å². The Morgan fingerprint density at radius 1 is 1.19 bits per heavy atom. The van der Waals surface area contributed by atoms with E-state index in [1.165, 1.54) is 0 Å². The summed E-state index contributed by atoms with van der Waals surface area (Å²) in [7, 11) is -5.98. The van der Waals surface area contributed by atoms with E-state index in [1.54, 1.807) is 0 Å². The van der Waals surface area contributed by atoms with Crippen LogP contribution < -0.4 is 0 Å². The van der Waals surface area contributed by atoms with E-state index in [0.717, 1.165) is 25.5 Å². The minimum atomic E-state index is -2.20. The van der Waals surface area contributed by atoms with Gasteiger partial charge in [0.2, 0.25) is 8.32 Å². The summed E-state index contributed by atoms with van der Waals surface area (Å²) >= 11 is 0. The Kier molecular flexibility index (Phi) is 5.26. The van der Waals surface area contributed by atoms with E-state index in [1.807, 2.05) is 13.1 Å². The average molecular weight is 293 g/mol. The molecule has 1 fully saturated rings. The Labute approximate surface area is 104 Å². The fourth-order valence-corrected chi connectivity index (χ4v) is 13.3. The second kappa shape index (κ2) is 5.82. The molecule has 0 aromatic heterocycles. The van der Waals surface area contributed by atoms with Crippen molar-refractivity contribution in [1.82, 2.24) is 0 Å². The number of rotatable bonds is 0. The summed E-state index contributed by atoms with van der Waals surface area (Å²) in [6.45, 7) is 8.93. The highest BCUT2D eigenvalue weighted by Gasteiger charge is 2.42. The molecule has 16 heavy (non-hydrogen) atoms. The van der Waals surface area contributed by atoms with Crippen molar-refractivity contribution >= 4 is 34.6 Å². The molecule has 8 heteroatoms. The fraction of sp³-hybridized carbons (Fsp3) is 1.00. The predicted molar refractivity (Wildman–Crippen MR) is 69.3 cm³/mol. The van der Waals surface area contributed by atoms with E-state index in [4.69, 9.17) is 12.7 Å². The van der Waals surface area contributed by atoms with Crippen LogP contribution in [0.5, 0.6) is 0 Å². The second-order valence-corrected chi connectivity index (χ2v) is 19.7. The van der Waals surface area contributed by atoms with Crippen LogP contribution in [0.15, 0.2) is 0 Å². The fourth-order valence-electron chi connectivity index (χ4n) is 1.37. The first-order valence-electron chi connectivity index (χ1n) is 5.62. The third-order valence-electron chi connectivity index (χ3n) is 2.49. The largest absolute Gasteiger partial charge is 0.580 e. The van der Waals surface area contributed by atoms with Crippen LogP contribution in [0.25, 0.3) is 0 Å². The van der Waals surface area contributed by atoms with Crippen LogP contribution in [-0.4, -0.2) is 41.2 Å². The van der Waals surface area contributed by atoms with Gasteiger partial charge in [0.15, 0.2) is 0 Å². The van der Waals surface area contributed by atoms with Crippen molar-refractivity contribution in [2.24, 2.45) is 0 Å². The molecule has 0 N–H and O–H groups in total.